The Morgan fingerprint density at radius 2 is 1.61 bits per heavy atom. The van der Waals surface area contributed by atoms with Crippen molar-refractivity contribution in [2.45, 2.75) is 19.5 Å². The van der Waals surface area contributed by atoms with Crippen LogP contribution in [0.5, 0.6) is 5.75 Å². The largest absolute Gasteiger partial charge is 0.497 e. The maximum atomic E-state index is 13.8. The number of amides is 2. The smallest absolute Gasteiger partial charge is 0.287 e. The maximum Gasteiger partial charge on any atom is 0.287 e. The average molecular weight is 491 g/mol. The molecule has 0 radical (unpaired) electrons. The first-order valence-corrected chi connectivity index (χ1v) is 11.2. The van der Waals surface area contributed by atoms with Gasteiger partial charge in [-0.05, 0) is 41.5 Å². The van der Waals surface area contributed by atoms with Crippen LogP contribution in [0.2, 0.25) is 0 Å². The molecule has 0 aliphatic carbocycles. The second kappa shape index (κ2) is 11.3. The summed E-state index contributed by atoms with van der Waals surface area (Å²) in [5.74, 6) is -0.869. The van der Waals surface area contributed by atoms with Crippen LogP contribution >= 0.6 is 0 Å². The van der Waals surface area contributed by atoms with Crippen LogP contribution in [0.15, 0.2) is 83.3 Å². The van der Waals surface area contributed by atoms with E-state index in [2.05, 4.69) is 10.6 Å². The first-order valence-electron chi connectivity index (χ1n) is 11.2. The first kappa shape index (κ1) is 24.7. The van der Waals surface area contributed by atoms with Crippen LogP contribution in [-0.2, 0) is 24.3 Å². The number of furan rings is 1. The molecule has 0 unspecified atom stereocenters. The molecule has 0 fully saturated rings. The highest BCUT2D eigenvalue weighted by atomic mass is 19.1. The molecule has 184 valence electrons. The Bertz CT molecular complexity index is 1370. The number of hydrogen-bond acceptors (Lipinski definition) is 4. The van der Waals surface area contributed by atoms with Crippen LogP contribution < -0.4 is 15.4 Å². The van der Waals surface area contributed by atoms with Crippen LogP contribution in [0.3, 0.4) is 0 Å². The first-order chi connectivity index (χ1) is 17.4. The molecule has 2 N–H and O–H groups in total. The zero-order chi connectivity index (χ0) is 25.5. The van der Waals surface area contributed by atoms with Crippen molar-refractivity contribution in [3.63, 3.8) is 0 Å². The molecular formula is C28H24F2N2O4. The number of rotatable bonds is 9. The second-order valence-electron chi connectivity index (χ2n) is 8.04. The Balaban J connectivity index is 1.38. The van der Waals surface area contributed by atoms with Gasteiger partial charge >= 0.3 is 0 Å². The molecule has 1 heterocycles. The predicted molar refractivity (Wildman–Crippen MR) is 130 cm³/mol. The van der Waals surface area contributed by atoms with Gasteiger partial charge in [-0.25, -0.2) is 8.78 Å². The van der Waals surface area contributed by atoms with Gasteiger partial charge in [-0.3, -0.25) is 9.59 Å². The van der Waals surface area contributed by atoms with Crippen molar-refractivity contribution in [3.8, 4) is 17.1 Å². The molecule has 0 aliphatic heterocycles. The monoisotopic (exact) mass is 490 g/mol. The quantitative estimate of drug-likeness (QED) is 0.345. The molecule has 8 heteroatoms. The van der Waals surface area contributed by atoms with Crippen LogP contribution in [0, 0.1) is 11.6 Å². The van der Waals surface area contributed by atoms with E-state index in [9.17, 15) is 18.4 Å². The zero-order valence-corrected chi connectivity index (χ0v) is 19.5. The van der Waals surface area contributed by atoms with E-state index in [1.165, 1.54) is 12.1 Å². The minimum absolute atomic E-state index is 0.0471. The zero-order valence-electron chi connectivity index (χ0n) is 19.5. The minimum Gasteiger partial charge on any atom is -0.497 e. The predicted octanol–water partition coefficient (Wildman–Crippen LogP) is 5.02. The summed E-state index contributed by atoms with van der Waals surface area (Å²) in [6, 6.07) is 21.0. The van der Waals surface area contributed by atoms with Crippen molar-refractivity contribution in [3.05, 3.63) is 113 Å². The number of carbonyl (C=O) groups is 2. The standard InChI is InChI=1S/C28H24F2N2O4/c1-35-22-10-6-18(7-11-22)14-27(33)31-16-19-4-2-3-5-23(19)25-12-13-26(36-25)28(34)32-17-20-8-9-21(29)15-24(20)30/h2-13,15H,14,16-17H2,1H3,(H,31,33)(H,32,34). The summed E-state index contributed by atoms with van der Waals surface area (Å²) < 4.78 is 37.7. The van der Waals surface area contributed by atoms with Crippen molar-refractivity contribution in [1.29, 1.82) is 0 Å². The molecular weight excluding hydrogens is 466 g/mol. The van der Waals surface area contributed by atoms with E-state index in [0.29, 0.717) is 5.76 Å². The van der Waals surface area contributed by atoms with Gasteiger partial charge in [0.05, 0.1) is 13.5 Å². The molecule has 36 heavy (non-hydrogen) atoms. The van der Waals surface area contributed by atoms with E-state index in [1.54, 1.807) is 25.3 Å². The van der Waals surface area contributed by atoms with Crippen LogP contribution in [-0.4, -0.2) is 18.9 Å². The average Bonchev–Trinajstić information content (AvgIpc) is 3.38. The number of nitrogens with one attached hydrogen (secondary N) is 2. The highest BCUT2D eigenvalue weighted by Gasteiger charge is 2.15. The number of benzene rings is 3. The van der Waals surface area contributed by atoms with Crippen molar-refractivity contribution in [1.82, 2.24) is 10.6 Å². The lowest BCUT2D eigenvalue weighted by molar-refractivity contribution is -0.120. The van der Waals surface area contributed by atoms with E-state index >= 15 is 0 Å². The molecule has 0 aliphatic rings. The van der Waals surface area contributed by atoms with Crippen molar-refractivity contribution in [2.75, 3.05) is 7.11 Å². The molecule has 2 amide bonds. The van der Waals surface area contributed by atoms with Gasteiger partial charge < -0.3 is 19.8 Å². The van der Waals surface area contributed by atoms with Gasteiger partial charge in [-0.15, -0.1) is 0 Å². The minimum atomic E-state index is -0.738. The van der Waals surface area contributed by atoms with Gasteiger partial charge in [0.1, 0.15) is 23.1 Å². The van der Waals surface area contributed by atoms with Gasteiger partial charge in [-0.1, -0.05) is 42.5 Å². The van der Waals surface area contributed by atoms with Crippen LogP contribution in [0.25, 0.3) is 11.3 Å². The number of hydrogen-bond donors (Lipinski definition) is 2. The number of halogens is 2. The number of methoxy groups -OCH3 is 1. The third-order valence-corrected chi connectivity index (χ3v) is 5.57. The SMILES string of the molecule is COc1ccc(CC(=O)NCc2ccccc2-c2ccc(C(=O)NCc3ccc(F)cc3F)o2)cc1. The van der Waals surface area contributed by atoms with E-state index < -0.39 is 17.5 Å². The lowest BCUT2D eigenvalue weighted by atomic mass is 10.1. The summed E-state index contributed by atoms with van der Waals surface area (Å²) in [7, 11) is 1.59. The Hall–Kier alpha value is -4.46. The van der Waals surface area contributed by atoms with Gasteiger partial charge in [0, 0.05) is 30.3 Å². The lowest BCUT2D eigenvalue weighted by Gasteiger charge is -2.10. The van der Waals surface area contributed by atoms with Gasteiger partial charge in [0.25, 0.3) is 5.91 Å². The van der Waals surface area contributed by atoms with Gasteiger partial charge in [-0.2, -0.15) is 0 Å². The summed E-state index contributed by atoms with van der Waals surface area (Å²) >= 11 is 0. The van der Waals surface area contributed by atoms with E-state index in [0.717, 1.165) is 34.6 Å². The third-order valence-electron chi connectivity index (χ3n) is 5.57. The van der Waals surface area contributed by atoms with Crippen LogP contribution in [0.1, 0.15) is 27.2 Å². The Morgan fingerprint density at radius 3 is 2.36 bits per heavy atom. The normalized spacial score (nSPS) is 10.6. The molecule has 0 saturated carbocycles. The topological polar surface area (TPSA) is 80.6 Å². The molecule has 3 aromatic carbocycles. The van der Waals surface area contributed by atoms with Gasteiger partial charge in [0.2, 0.25) is 5.91 Å². The molecule has 0 spiro atoms. The van der Waals surface area contributed by atoms with Crippen molar-refractivity contribution in [2.24, 2.45) is 0 Å². The van der Waals surface area contributed by atoms with Gasteiger partial charge in [0.15, 0.2) is 5.76 Å². The van der Waals surface area contributed by atoms with E-state index in [-0.39, 0.29) is 36.7 Å². The fourth-order valence-corrected chi connectivity index (χ4v) is 3.63. The highest BCUT2D eigenvalue weighted by molar-refractivity contribution is 5.92. The third kappa shape index (κ3) is 6.15. The molecule has 4 rings (SSSR count). The van der Waals surface area contributed by atoms with Crippen LogP contribution in [0.4, 0.5) is 8.78 Å². The molecule has 0 bridgehead atoms. The fraction of sp³-hybridized carbons (Fsp3) is 0.143. The van der Waals surface area contributed by atoms with E-state index in [4.69, 9.17) is 9.15 Å². The number of ether oxygens (including phenoxy) is 1. The second-order valence-corrected chi connectivity index (χ2v) is 8.04. The highest BCUT2D eigenvalue weighted by Crippen LogP contribution is 2.26. The summed E-state index contributed by atoms with van der Waals surface area (Å²) in [5, 5.41) is 5.48. The Labute approximate surface area is 206 Å². The lowest BCUT2D eigenvalue weighted by Crippen LogP contribution is -2.24. The Morgan fingerprint density at radius 1 is 0.861 bits per heavy atom. The molecule has 0 atom stereocenters. The van der Waals surface area contributed by atoms with E-state index in [1.807, 2.05) is 36.4 Å². The number of carbonyl (C=O) groups excluding carboxylic acids is 2. The molecule has 1 aromatic heterocycles. The summed E-state index contributed by atoms with van der Waals surface area (Å²) in [4.78, 5) is 24.9. The summed E-state index contributed by atoms with van der Waals surface area (Å²) in [6.07, 6.45) is 0.228. The molecule has 6 nitrogen and oxygen atoms in total. The Kier molecular flexibility index (Phi) is 7.75. The summed E-state index contributed by atoms with van der Waals surface area (Å²) in [5.41, 5.74) is 2.57. The van der Waals surface area contributed by atoms with Crippen molar-refractivity contribution >= 4 is 11.8 Å². The fourth-order valence-electron chi connectivity index (χ4n) is 3.63. The molecule has 4 aromatic rings. The molecule has 0 saturated heterocycles. The summed E-state index contributed by atoms with van der Waals surface area (Å²) in [6.45, 7) is 0.162. The maximum absolute atomic E-state index is 13.8. The van der Waals surface area contributed by atoms with Crippen molar-refractivity contribution < 1.29 is 27.5 Å².